The lowest BCUT2D eigenvalue weighted by Gasteiger charge is -2.10. The lowest BCUT2D eigenvalue weighted by Crippen LogP contribution is -2.03. The van der Waals surface area contributed by atoms with Crippen LogP contribution in [0, 0.1) is 5.82 Å². The minimum atomic E-state index is -0.423. The normalized spacial score (nSPS) is 10.8. The van der Waals surface area contributed by atoms with Crippen molar-refractivity contribution in [2.75, 3.05) is 11.9 Å². The van der Waals surface area contributed by atoms with Crippen LogP contribution in [-0.4, -0.2) is 20.9 Å². The average molecular weight is 307 g/mol. The Bertz CT molecular complexity index is 790. The van der Waals surface area contributed by atoms with Crippen molar-refractivity contribution in [3.63, 3.8) is 0 Å². The van der Waals surface area contributed by atoms with Crippen molar-refractivity contribution < 1.29 is 9.13 Å². The van der Waals surface area contributed by atoms with Crippen LogP contribution >= 0.6 is 11.6 Å². The van der Waals surface area contributed by atoms with E-state index >= 15 is 0 Å². The summed E-state index contributed by atoms with van der Waals surface area (Å²) in [5, 5.41) is 3.28. The molecule has 0 bridgehead atoms. The SMILES string of the molecule is CCNc1cn2ccnc2c(Oc2ccc(F)cc2Cl)n1. The van der Waals surface area contributed by atoms with E-state index in [4.69, 9.17) is 16.3 Å². The second-order valence-corrected chi connectivity index (χ2v) is 4.70. The van der Waals surface area contributed by atoms with Gasteiger partial charge in [0, 0.05) is 18.9 Å². The molecule has 21 heavy (non-hydrogen) atoms. The van der Waals surface area contributed by atoms with E-state index in [2.05, 4.69) is 15.3 Å². The Kier molecular flexibility index (Phi) is 3.62. The fraction of sp³-hybridized carbons (Fsp3) is 0.143. The van der Waals surface area contributed by atoms with Crippen LogP contribution < -0.4 is 10.1 Å². The summed E-state index contributed by atoms with van der Waals surface area (Å²) in [7, 11) is 0. The molecule has 108 valence electrons. The monoisotopic (exact) mass is 306 g/mol. The van der Waals surface area contributed by atoms with Gasteiger partial charge in [0.15, 0.2) is 0 Å². The predicted molar refractivity (Wildman–Crippen MR) is 78.6 cm³/mol. The first kappa shape index (κ1) is 13.6. The second kappa shape index (κ2) is 5.57. The van der Waals surface area contributed by atoms with Gasteiger partial charge in [-0.3, -0.25) is 4.40 Å². The number of aromatic nitrogens is 3. The van der Waals surface area contributed by atoms with Gasteiger partial charge in [-0.15, -0.1) is 0 Å². The summed E-state index contributed by atoms with van der Waals surface area (Å²) >= 11 is 5.97. The van der Waals surface area contributed by atoms with Crippen molar-refractivity contribution in [3.05, 3.63) is 47.6 Å². The van der Waals surface area contributed by atoms with Crippen LogP contribution in [0.3, 0.4) is 0 Å². The van der Waals surface area contributed by atoms with Gasteiger partial charge in [-0.25, -0.2) is 9.37 Å². The molecule has 0 atom stereocenters. The van der Waals surface area contributed by atoms with Gasteiger partial charge in [-0.1, -0.05) is 11.6 Å². The van der Waals surface area contributed by atoms with E-state index in [9.17, 15) is 4.39 Å². The maximum absolute atomic E-state index is 13.1. The first-order valence-corrected chi connectivity index (χ1v) is 6.75. The summed E-state index contributed by atoms with van der Waals surface area (Å²) in [6, 6.07) is 3.92. The highest BCUT2D eigenvalue weighted by Gasteiger charge is 2.12. The highest BCUT2D eigenvalue weighted by molar-refractivity contribution is 6.32. The first-order chi connectivity index (χ1) is 10.2. The van der Waals surface area contributed by atoms with Crippen molar-refractivity contribution in [1.82, 2.24) is 14.4 Å². The molecule has 0 aliphatic carbocycles. The Morgan fingerprint density at radius 2 is 2.29 bits per heavy atom. The fourth-order valence-corrected chi connectivity index (χ4v) is 2.11. The molecule has 5 nitrogen and oxygen atoms in total. The number of nitrogens with zero attached hydrogens (tertiary/aromatic N) is 3. The maximum Gasteiger partial charge on any atom is 0.265 e. The Morgan fingerprint density at radius 3 is 3.05 bits per heavy atom. The van der Waals surface area contributed by atoms with Gasteiger partial charge in [-0.05, 0) is 25.1 Å². The number of anilines is 1. The van der Waals surface area contributed by atoms with E-state index in [0.717, 1.165) is 6.54 Å². The van der Waals surface area contributed by atoms with Gasteiger partial charge >= 0.3 is 0 Å². The van der Waals surface area contributed by atoms with E-state index in [1.807, 2.05) is 13.1 Å². The predicted octanol–water partition coefficient (Wildman–Crippen LogP) is 3.75. The van der Waals surface area contributed by atoms with Crippen molar-refractivity contribution in [2.24, 2.45) is 0 Å². The molecule has 0 saturated carbocycles. The summed E-state index contributed by atoms with van der Waals surface area (Å²) in [5.74, 6) is 0.847. The lowest BCUT2D eigenvalue weighted by molar-refractivity contribution is 0.464. The summed E-state index contributed by atoms with van der Waals surface area (Å²) in [6.07, 6.45) is 5.24. The number of hydrogen-bond acceptors (Lipinski definition) is 4. The number of hydrogen-bond donors (Lipinski definition) is 1. The molecule has 0 radical (unpaired) electrons. The van der Waals surface area contributed by atoms with E-state index in [1.54, 1.807) is 16.8 Å². The molecule has 3 rings (SSSR count). The zero-order chi connectivity index (χ0) is 14.8. The molecule has 0 unspecified atom stereocenters. The van der Waals surface area contributed by atoms with Crippen molar-refractivity contribution in [1.29, 1.82) is 0 Å². The number of rotatable bonds is 4. The van der Waals surface area contributed by atoms with Crippen LogP contribution in [0.25, 0.3) is 5.65 Å². The van der Waals surface area contributed by atoms with E-state index in [0.29, 0.717) is 23.1 Å². The molecule has 0 aliphatic rings. The summed E-state index contributed by atoms with van der Waals surface area (Å²) < 4.78 is 20.6. The summed E-state index contributed by atoms with van der Waals surface area (Å²) in [4.78, 5) is 8.55. The second-order valence-electron chi connectivity index (χ2n) is 4.30. The maximum atomic E-state index is 13.1. The van der Waals surface area contributed by atoms with Crippen molar-refractivity contribution in [3.8, 4) is 11.6 Å². The first-order valence-electron chi connectivity index (χ1n) is 6.38. The topological polar surface area (TPSA) is 51.5 Å². The number of fused-ring (bicyclic) bond motifs is 1. The Labute approximate surface area is 125 Å². The third-order valence-corrected chi connectivity index (χ3v) is 3.10. The van der Waals surface area contributed by atoms with Crippen LogP contribution in [0.2, 0.25) is 5.02 Å². The number of imidazole rings is 1. The van der Waals surface area contributed by atoms with Gasteiger partial charge in [0.05, 0.1) is 11.2 Å². The molecule has 0 saturated heterocycles. The third-order valence-electron chi connectivity index (χ3n) is 2.80. The van der Waals surface area contributed by atoms with Crippen LogP contribution in [0.4, 0.5) is 10.2 Å². The zero-order valence-electron chi connectivity index (χ0n) is 11.2. The fourth-order valence-electron chi connectivity index (χ4n) is 1.90. The number of nitrogens with one attached hydrogen (secondary N) is 1. The number of ether oxygens (including phenoxy) is 1. The summed E-state index contributed by atoms with van der Waals surface area (Å²) in [6.45, 7) is 2.70. The smallest absolute Gasteiger partial charge is 0.265 e. The van der Waals surface area contributed by atoms with Crippen molar-refractivity contribution in [2.45, 2.75) is 6.92 Å². The standard InChI is InChI=1S/C14H12ClFN4O/c1-2-17-12-8-20-6-5-18-13(20)14(19-12)21-11-4-3-9(16)7-10(11)15/h3-8,17H,2H2,1H3. The molecule has 2 heterocycles. The van der Waals surface area contributed by atoms with Gasteiger partial charge in [0.2, 0.25) is 5.65 Å². The minimum Gasteiger partial charge on any atom is -0.434 e. The summed E-state index contributed by atoms with van der Waals surface area (Å²) in [5.41, 5.74) is 0.553. The minimum absolute atomic E-state index is 0.176. The quantitative estimate of drug-likeness (QED) is 0.797. The Hall–Kier alpha value is -2.34. The van der Waals surface area contributed by atoms with Crippen LogP contribution in [0.5, 0.6) is 11.6 Å². The Morgan fingerprint density at radius 1 is 1.43 bits per heavy atom. The molecule has 0 aliphatic heterocycles. The molecule has 0 spiro atoms. The van der Waals surface area contributed by atoms with Gasteiger partial charge in [-0.2, -0.15) is 4.98 Å². The van der Waals surface area contributed by atoms with E-state index < -0.39 is 5.82 Å². The molecular formula is C14H12ClFN4O. The van der Waals surface area contributed by atoms with Crippen LogP contribution in [-0.2, 0) is 0 Å². The van der Waals surface area contributed by atoms with Gasteiger partial charge in [0.25, 0.3) is 5.88 Å². The molecule has 1 aromatic carbocycles. The lowest BCUT2D eigenvalue weighted by atomic mass is 10.3. The molecule has 0 amide bonds. The van der Waals surface area contributed by atoms with Gasteiger partial charge in [0.1, 0.15) is 17.4 Å². The molecule has 2 aromatic heterocycles. The average Bonchev–Trinajstić information content (AvgIpc) is 2.91. The number of halogens is 2. The molecular weight excluding hydrogens is 295 g/mol. The molecule has 0 fully saturated rings. The highest BCUT2D eigenvalue weighted by atomic mass is 35.5. The van der Waals surface area contributed by atoms with Crippen LogP contribution in [0.1, 0.15) is 6.92 Å². The molecule has 1 N–H and O–H groups in total. The zero-order valence-corrected chi connectivity index (χ0v) is 11.9. The van der Waals surface area contributed by atoms with Crippen molar-refractivity contribution >= 4 is 23.1 Å². The Balaban J connectivity index is 2.04. The van der Waals surface area contributed by atoms with E-state index in [-0.39, 0.29) is 5.02 Å². The third kappa shape index (κ3) is 2.75. The van der Waals surface area contributed by atoms with Crippen LogP contribution in [0.15, 0.2) is 36.8 Å². The highest BCUT2D eigenvalue weighted by Crippen LogP contribution is 2.31. The van der Waals surface area contributed by atoms with Gasteiger partial charge < -0.3 is 10.1 Å². The largest absolute Gasteiger partial charge is 0.434 e. The van der Waals surface area contributed by atoms with E-state index in [1.165, 1.54) is 18.2 Å². The number of benzene rings is 1. The molecule has 3 aromatic rings. The molecule has 7 heteroatoms.